The number of carbonyl (C=O) groups excluding carboxylic acids is 3. The van der Waals surface area contributed by atoms with E-state index in [4.69, 9.17) is 23.4 Å². The Morgan fingerprint density at radius 3 is 2.50 bits per heavy atom. The standard InChI is InChI=1S/C13H14O9/c1-6(14)19-10-4-8-9(21-13(16)17-3)5-18-12(11(8)22-10)20-7(2)15/h4,9,12H,5H2,1-3H3/t9-,12-/m1/s1. The Balaban J connectivity index is 2.30. The van der Waals surface area contributed by atoms with Gasteiger partial charge in [0.1, 0.15) is 0 Å². The Hall–Kier alpha value is -2.55. The molecule has 0 aromatic carbocycles. The molecular formula is C13H14O9. The van der Waals surface area contributed by atoms with Crippen LogP contribution in [0.5, 0.6) is 5.95 Å². The molecule has 0 bridgehead atoms. The molecule has 0 saturated carbocycles. The third-order valence-corrected chi connectivity index (χ3v) is 2.65. The van der Waals surface area contributed by atoms with Gasteiger partial charge >= 0.3 is 18.1 Å². The van der Waals surface area contributed by atoms with E-state index in [1.54, 1.807) is 0 Å². The Morgan fingerprint density at radius 1 is 1.18 bits per heavy atom. The lowest BCUT2D eigenvalue weighted by molar-refractivity contribution is -0.196. The van der Waals surface area contributed by atoms with Gasteiger partial charge in [0.15, 0.2) is 11.9 Å². The van der Waals surface area contributed by atoms with Gasteiger partial charge in [0.25, 0.3) is 12.2 Å². The van der Waals surface area contributed by atoms with E-state index in [0.717, 1.165) is 7.11 Å². The molecular weight excluding hydrogens is 300 g/mol. The Labute approximate surface area is 125 Å². The Kier molecular flexibility index (Phi) is 4.66. The van der Waals surface area contributed by atoms with Crippen LogP contribution in [0, 0.1) is 0 Å². The molecule has 0 fully saturated rings. The highest BCUT2D eigenvalue weighted by Crippen LogP contribution is 2.40. The van der Waals surface area contributed by atoms with Crippen molar-refractivity contribution in [3.05, 3.63) is 17.4 Å². The summed E-state index contributed by atoms with van der Waals surface area (Å²) >= 11 is 0. The minimum atomic E-state index is -1.12. The van der Waals surface area contributed by atoms with E-state index < -0.39 is 30.5 Å². The first-order chi connectivity index (χ1) is 10.4. The van der Waals surface area contributed by atoms with E-state index in [1.807, 2.05) is 0 Å². The summed E-state index contributed by atoms with van der Waals surface area (Å²) in [5, 5.41) is 0. The molecule has 22 heavy (non-hydrogen) atoms. The predicted molar refractivity (Wildman–Crippen MR) is 66.7 cm³/mol. The number of hydrogen-bond donors (Lipinski definition) is 0. The van der Waals surface area contributed by atoms with Gasteiger partial charge in [-0.25, -0.2) is 4.79 Å². The summed E-state index contributed by atoms with van der Waals surface area (Å²) in [5.74, 6) is -1.24. The van der Waals surface area contributed by atoms with Crippen LogP contribution in [0.3, 0.4) is 0 Å². The van der Waals surface area contributed by atoms with Crippen molar-refractivity contribution in [3.8, 4) is 5.95 Å². The summed E-state index contributed by atoms with van der Waals surface area (Å²) in [7, 11) is 1.16. The zero-order chi connectivity index (χ0) is 16.3. The van der Waals surface area contributed by atoms with Crippen molar-refractivity contribution in [1.29, 1.82) is 0 Å². The smallest absolute Gasteiger partial charge is 0.438 e. The fourth-order valence-electron chi connectivity index (χ4n) is 1.86. The van der Waals surface area contributed by atoms with Gasteiger partial charge in [-0.3, -0.25) is 9.59 Å². The highest BCUT2D eigenvalue weighted by molar-refractivity contribution is 5.69. The average Bonchev–Trinajstić information content (AvgIpc) is 2.84. The fourth-order valence-corrected chi connectivity index (χ4v) is 1.86. The number of rotatable bonds is 3. The number of methoxy groups -OCH3 is 1. The first-order valence-electron chi connectivity index (χ1n) is 6.26. The van der Waals surface area contributed by atoms with E-state index in [1.165, 1.54) is 19.9 Å². The highest BCUT2D eigenvalue weighted by atomic mass is 16.7. The van der Waals surface area contributed by atoms with Gasteiger partial charge in [-0.2, -0.15) is 0 Å². The van der Waals surface area contributed by atoms with Crippen molar-refractivity contribution in [2.24, 2.45) is 0 Å². The molecule has 2 atom stereocenters. The number of hydrogen-bond acceptors (Lipinski definition) is 9. The lowest BCUT2D eigenvalue weighted by Gasteiger charge is -2.26. The van der Waals surface area contributed by atoms with Crippen molar-refractivity contribution in [2.45, 2.75) is 26.2 Å². The van der Waals surface area contributed by atoms with Crippen LogP contribution < -0.4 is 4.74 Å². The largest absolute Gasteiger partial charge is 0.508 e. The molecule has 120 valence electrons. The predicted octanol–water partition coefficient (Wildman–Crippen LogP) is 1.62. The molecule has 9 heteroatoms. The summed E-state index contributed by atoms with van der Waals surface area (Å²) in [6.45, 7) is 2.32. The van der Waals surface area contributed by atoms with Crippen molar-refractivity contribution in [2.75, 3.05) is 13.7 Å². The van der Waals surface area contributed by atoms with Gasteiger partial charge in [0.05, 0.1) is 13.7 Å². The molecule has 0 unspecified atom stereocenters. The molecule has 0 spiro atoms. The minimum Gasteiger partial charge on any atom is -0.438 e. The maximum absolute atomic E-state index is 11.2. The van der Waals surface area contributed by atoms with Crippen LogP contribution in [-0.4, -0.2) is 31.8 Å². The maximum Gasteiger partial charge on any atom is 0.508 e. The molecule has 0 aliphatic carbocycles. The summed E-state index contributed by atoms with van der Waals surface area (Å²) in [5.41, 5.74) is 0.360. The maximum atomic E-state index is 11.2. The van der Waals surface area contributed by atoms with Crippen LogP contribution in [0.2, 0.25) is 0 Å². The molecule has 2 heterocycles. The Bertz CT molecular complexity index is 588. The van der Waals surface area contributed by atoms with Gasteiger partial charge in [-0.05, 0) is 0 Å². The van der Waals surface area contributed by atoms with Crippen LogP contribution in [0.1, 0.15) is 37.6 Å². The Morgan fingerprint density at radius 2 is 1.91 bits per heavy atom. The number of fused-ring (bicyclic) bond motifs is 1. The van der Waals surface area contributed by atoms with Crippen LogP contribution in [0.25, 0.3) is 0 Å². The quantitative estimate of drug-likeness (QED) is 0.768. The molecule has 9 nitrogen and oxygen atoms in total. The first-order valence-corrected chi connectivity index (χ1v) is 6.26. The van der Waals surface area contributed by atoms with Crippen molar-refractivity contribution < 1.29 is 42.5 Å². The van der Waals surface area contributed by atoms with E-state index in [0.29, 0.717) is 5.56 Å². The molecule has 1 aromatic heterocycles. The first kappa shape index (κ1) is 15.8. The lowest BCUT2D eigenvalue weighted by atomic mass is 10.1. The van der Waals surface area contributed by atoms with Gasteiger partial charge in [-0.15, -0.1) is 0 Å². The zero-order valence-corrected chi connectivity index (χ0v) is 12.1. The van der Waals surface area contributed by atoms with Gasteiger partial charge in [0, 0.05) is 25.5 Å². The van der Waals surface area contributed by atoms with Crippen LogP contribution >= 0.6 is 0 Å². The summed E-state index contributed by atoms with van der Waals surface area (Å²) in [6, 6.07) is 1.36. The van der Waals surface area contributed by atoms with Crippen molar-refractivity contribution >= 4 is 18.1 Å². The topological polar surface area (TPSA) is 110 Å². The van der Waals surface area contributed by atoms with Crippen molar-refractivity contribution in [3.63, 3.8) is 0 Å². The molecule has 0 amide bonds. The molecule has 1 aliphatic rings. The zero-order valence-electron chi connectivity index (χ0n) is 12.1. The third kappa shape index (κ3) is 3.55. The van der Waals surface area contributed by atoms with E-state index in [-0.39, 0.29) is 18.3 Å². The monoisotopic (exact) mass is 314 g/mol. The van der Waals surface area contributed by atoms with E-state index in [2.05, 4.69) is 4.74 Å². The molecule has 1 aliphatic heterocycles. The van der Waals surface area contributed by atoms with Crippen LogP contribution in [0.15, 0.2) is 10.5 Å². The summed E-state index contributed by atoms with van der Waals surface area (Å²) in [6.07, 6.45) is -2.88. The number of carbonyl (C=O) groups is 3. The van der Waals surface area contributed by atoms with Crippen LogP contribution in [-0.2, 0) is 28.5 Å². The minimum absolute atomic E-state index is 0.0756. The fraction of sp³-hybridized carbons (Fsp3) is 0.462. The average molecular weight is 314 g/mol. The van der Waals surface area contributed by atoms with E-state index in [9.17, 15) is 14.4 Å². The molecule has 1 aromatic rings. The normalized spacial score (nSPS) is 19.8. The number of furan rings is 1. The number of esters is 2. The second-order valence-electron chi connectivity index (χ2n) is 4.31. The molecule has 0 saturated heterocycles. The molecule has 2 rings (SSSR count). The molecule has 0 N–H and O–H groups in total. The second kappa shape index (κ2) is 6.48. The van der Waals surface area contributed by atoms with Gasteiger partial charge in [0.2, 0.25) is 0 Å². The van der Waals surface area contributed by atoms with Crippen LogP contribution in [0.4, 0.5) is 4.79 Å². The summed E-state index contributed by atoms with van der Waals surface area (Å²) in [4.78, 5) is 33.3. The second-order valence-corrected chi connectivity index (χ2v) is 4.31. The third-order valence-electron chi connectivity index (χ3n) is 2.65. The van der Waals surface area contributed by atoms with Gasteiger partial charge in [-0.1, -0.05) is 0 Å². The van der Waals surface area contributed by atoms with E-state index >= 15 is 0 Å². The van der Waals surface area contributed by atoms with Gasteiger partial charge < -0.3 is 28.1 Å². The molecule has 0 radical (unpaired) electrons. The highest BCUT2D eigenvalue weighted by Gasteiger charge is 2.37. The van der Waals surface area contributed by atoms with Crippen molar-refractivity contribution in [1.82, 2.24) is 0 Å². The lowest BCUT2D eigenvalue weighted by Crippen LogP contribution is -2.26. The SMILES string of the molecule is COC(=O)O[C@@H]1CO[C@H](OC(C)=O)c2oc(OC(C)=O)cc21. The number of ether oxygens (including phenoxy) is 5. The summed E-state index contributed by atoms with van der Waals surface area (Å²) < 4.78 is 29.8.